The molecule has 2 saturated heterocycles. The van der Waals surface area contributed by atoms with Crippen LogP contribution in [0.4, 0.5) is 9.52 Å². The van der Waals surface area contributed by atoms with Gasteiger partial charge in [0.05, 0.1) is 27.8 Å². The second-order valence-electron chi connectivity index (χ2n) is 8.28. The summed E-state index contributed by atoms with van der Waals surface area (Å²) in [4.78, 5) is 20.1. The Morgan fingerprint density at radius 3 is 2.67 bits per heavy atom. The molecule has 3 aromatic rings. The number of nitrogens with zero attached hydrogens (tertiary/aromatic N) is 3. The number of sulfonamides is 1. The summed E-state index contributed by atoms with van der Waals surface area (Å²) in [6, 6.07) is 11.5. The van der Waals surface area contributed by atoms with Crippen molar-refractivity contribution < 1.29 is 22.3 Å². The minimum atomic E-state index is -3.95. The number of halogens is 1. The number of carbonyl (C=O) groups excluding carboxylic acids is 1. The number of carbonyl (C=O) groups is 1. The number of hydrogen-bond acceptors (Lipinski definition) is 6. The Morgan fingerprint density at radius 2 is 1.94 bits per heavy atom. The first-order valence-electron chi connectivity index (χ1n) is 11.0. The van der Waals surface area contributed by atoms with Gasteiger partial charge in [-0.1, -0.05) is 23.5 Å². The Hall–Kier alpha value is -2.40. The van der Waals surface area contributed by atoms with Crippen molar-refractivity contribution in [2.24, 2.45) is 0 Å². The topological polar surface area (TPSA) is 79.8 Å². The van der Waals surface area contributed by atoms with E-state index < -0.39 is 21.9 Å². The molecular formula is C23H24FN3O4S2. The predicted octanol–water partition coefficient (Wildman–Crippen LogP) is 3.80. The third-order valence-corrected chi connectivity index (χ3v) is 9.08. The zero-order valence-corrected chi connectivity index (χ0v) is 19.5. The van der Waals surface area contributed by atoms with Crippen molar-refractivity contribution in [2.75, 3.05) is 24.6 Å². The first-order valence-corrected chi connectivity index (χ1v) is 13.2. The van der Waals surface area contributed by atoms with Crippen molar-refractivity contribution in [2.45, 2.75) is 42.7 Å². The summed E-state index contributed by atoms with van der Waals surface area (Å²) in [5.74, 6) is -0.811. The molecule has 2 aliphatic heterocycles. The molecule has 2 aromatic carbocycles. The number of benzene rings is 2. The van der Waals surface area contributed by atoms with Crippen LogP contribution >= 0.6 is 11.3 Å². The van der Waals surface area contributed by atoms with E-state index in [1.807, 2.05) is 24.3 Å². The third kappa shape index (κ3) is 4.40. The van der Waals surface area contributed by atoms with E-state index in [0.29, 0.717) is 31.1 Å². The van der Waals surface area contributed by atoms with E-state index in [2.05, 4.69) is 4.98 Å². The lowest BCUT2D eigenvalue weighted by molar-refractivity contribution is -0.122. The van der Waals surface area contributed by atoms with Gasteiger partial charge in [0.2, 0.25) is 15.9 Å². The molecule has 2 aliphatic rings. The molecule has 0 unspecified atom stereocenters. The van der Waals surface area contributed by atoms with Gasteiger partial charge in [-0.2, -0.15) is 4.31 Å². The maximum absolute atomic E-state index is 13.8. The largest absolute Gasteiger partial charge is 0.376 e. The Balaban J connectivity index is 1.47. The average molecular weight is 490 g/mol. The molecule has 1 amide bonds. The molecule has 10 heteroatoms. The monoisotopic (exact) mass is 489 g/mol. The van der Waals surface area contributed by atoms with E-state index >= 15 is 0 Å². The highest BCUT2D eigenvalue weighted by molar-refractivity contribution is 7.89. The van der Waals surface area contributed by atoms with Crippen LogP contribution in [-0.4, -0.2) is 55.5 Å². The molecule has 1 aromatic heterocycles. The molecule has 0 N–H and O–H groups in total. The molecule has 33 heavy (non-hydrogen) atoms. The molecule has 0 bridgehead atoms. The van der Waals surface area contributed by atoms with Gasteiger partial charge in [0.15, 0.2) is 5.13 Å². The van der Waals surface area contributed by atoms with Crippen LogP contribution in [0.3, 0.4) is 0 Å². The first-order chi connectivity index (χ1) is 15.9. The molecule has 7 nitrogen and oxygen atoms in total. The maximum atomic E-state index is 13.8. The number of rotatable bonds is 6. The molecule has 174 valence electrons. The maximum Gasteiger partial charge on any atom is 0.247 e. The van der Waals surface area contributed by atoms with Gasteiger partial charge < -0.3 is 4.74 Å². The van der Waals surface area contributed by atoms with E-state index in [4.69, 9.17) is 4.74 Å². The highest BCUT2D eigenvalue weighted by atomic mass is 32.2. The number of fused-ring (bicyclic) bond motifs is 1. The minimum Gasteiger partial charge on any atom is -0.376 e. The van der Waals surface area contributed by atoms with E-state index in [1.54, 1.807) is 4.90 Å². The SMILES string of the molecule is O=C([C@H]1CCCN1S(=O)(=O)c1ccc(F)cc1)N(C[C@@H]1CCCO1)c1nc2ccccc2s1. The molecular weight excluding hydrogens is 465 g/mol. The zero-order valence-electron chi connectivity index (χ0n) is 17.9. The van der Waals surface area contributed by atoms with Crippen molar-refractivity contribution in [3.8, 4) is 0 Å². The Kier molecular flexibility index (Phi) is 6.17. The van der Waals surface area contributed by atoms with Gasteiger partial charge in [-0.25, -0.2) is 17.8 Å². The lowest BCUT2D eigenvalue weighted by Crippen LogP contribution is -2.49. The highest BCUT2D eigenvalue weighted by Gasteiger charge is 2.42. The molecule has 3 heterocycles. The van der Waals surface area contributed by atoms with Crippen LogP contribution in [0.2, 0.25) is 0 Å². The van der Waals surface area contributed by atoms with Gasteiger partial charge in [0.25, 0.3) is 0 Å². The number of para-hydroxylation sites is 1. The van der Waals surface area contributed by atoms with Gasteiger partial charge in [0.1, 0.15) is 11.9 Å². The smallest absolute Gasteiger partial charge is 0.247 e. The third-order valence-electron chi connectivity index (χ3n) is 6.10. The van der Waals surface area contributed by atoms with Crippen molar-refractivity contribution in [3.05, 3.63) is 54.3 Å². The Labute approximate surface area is 195 Å². The van der Waals surface area contributed by atoms with Crippen LogP contribution in [0.1, 0.15) is 25.7 Å². The van der Waals surface area contributed by atoms with Crippen molar-refractivity contribution in [1.29, 1.82) is 0 Å². The fourth-order valence-corrected chi connectivity index (χ4v) is 7.06. The molecule has 0 radical (unpaired) electrons. The van der Waals surface area contributed by atoms with Gasteiger partial charge in [0, 0.05) is 13.2 Å². The summed E-state index contributed by atoms with van der Waals surface area (Å²) in [6.07, 6.45) is 2.67. The van der Waals surface area contributed by atoms with Crippen LogP contribution in [0.25, 0.3) is 10.2 Å². The van der Waals surface area contributed by atoms with Crippen LogP contribution < -0.4 is 4.90 Å². The molecule has 2 atom stereocenters. The zero-order chi connectivity index (χ0) is 23.0. The normalized spacial score (nSPS) is 21.6. The van der Waals surface area contributed by atoms with E-state index in [1.165, 1.54) is 27.8 Å². The van der Waals surface area contributed by atoms with Gasteiger partial charge in [-0.15, -0.1) is 0 Å². The fourth-order valence-electron chi connectivity index (χ4n) is 4.43. The molecule has 0 aliphatic carbocycles. The molecule has 5 rings (SSSR count). The first kappa shape index (κ1) is 22.4. The van der Waals surface area contributed by atoms with Crippen molar-refractivity contribution in [3.63, 3.8) is 0 Å². The number of aromatic nitrogens is 1. The number of thiazole rings is 1. The van der Waals surface area contributed by atoms with Crippen LogP contribution in [0.5, 0.6) is 0 Å². The van der Waals surface area contributed by atoms with Gasteiger partial charge >= 0.3 is 0 Å². The highest BCUT2D eigenvalue weighted by Crippen LogP contribution is 2.33. The summed E-state index contributed by atoms with van der Waals surface area (Å²) in [5.41, 5.74) is 0.796. The lowest BCUT2D eigenvalue weighted by atomic mass is 10.2. The molecule has 0 spiro atoms. The quantitative estimate of drug-likeness (QED) is 0.526. The summed E-state index contributed by atoms with van der Waals surface area (Å²) >= 11 is 1.41. The second-order valence-corrected chi connectivity index (χ2v) is 11.2. The van der Waals surface area contributed by atoms with Crippen molar-refractivity contribution >= 4 is 42.6 Å². The number of ether oxygens (including phenoxy) is 1. The van der Waals surface area contributed by atoms with Crippen LogP contribution in [0, 0.1) is 5.82 Å². The number of amides is 1. The number of anilines is 1. The predicted molar refractivity (Wildman–Crippen MR) is 124 cm³/mol. The standard InChI is InChI=1S/C23H24FN3O4S2/c24-16-9-11-18(12-10-16)33(29,30)27-13-3-7-20(27)22(28)26(15-17-5-4-14-31-17)23-25-19-6-1-2-8-21(19)32-23/h1-2,6,8-12,17,20H,3-5,7,13-15H2/t17-,20+/m0/s1. The Morgan fingerprint density at radius 1 is 1.15 bits per heavy atom. The summed E-state index contributed by atoms with van der Waals surface area (Å²) in [6.45, 7) is 1.23. The van der Waals surface area contributed by atoms with Gasteiger partial charge in [-0.3, -0.25) is 9.69 Å². The molecule has 0 saturated carbocycles. The van der Waals surface area contributed by atoms with Crippen LogP contribution in [-0.2, 0) is 19.6 Å². The van der Waals surface area contributed by atoms with Gasteiger partial charge in [-0.05, 0) is 62.1 Å². The van der Waals surface area contributed by atoms with E-state index in [-0.39, 0.29) is 23.5 Å². The fraction of sp³-hybridized carbons (Fsp3) is 0.391. The number of hydrogen-bond donors (Lipinski definition) is 0. The lowest BCUT2D eigenvalue weighted by Gasteiger charge is -2.29. The van der Waals surface area contributed by atoms with E-state index in [9.17, 15) is 17.6 Å². The van der Waals surface area contributed by atoms with Crippen LogP contribution in [0.15, 0.2) is 53.4 Å². The van der Waals surface area contributed by atoms with E-state index in [0.717, 1.165) is 35.2 Å². The second kappa shape index (κ2) is 9.09. The van der Waals surface area contributed by atoms with Crippen molar-refractivity contribution in [1.82, 2.24) is 9.29 Å². The average Bonchev–Trinajstić information content (AvgIpc) is 3.57. The molecule has 2 fully saturated rings. The summed E-state index contributed by atoms with van der Waals surface area (Å²) in [7, 11) is -3.95. The summed E-state index contributed by atoms with van der Waals surface area (Å²) in [5, 5.41) is 0.544. The summed E-state index contributed by atoms with van der Waals surface area (Å²) < 4.78 is 47.9. The Bertz CT molecular complexity index is 1220. The minimum absolute atomic E-state index is 0.0192.